The van der Waals surface area contributed by atoms with Crippen LogP contribution < -0.4 is 15.1 Å². The Balaban J connectivity index is 1.69. The lowest BCUT2D eigenvalue weighted by atomic mass is 10.3. The zero-order chi connectivity index (χ0) is 18.7. The Morgan fingerprint density at radius 1 is 1.15 bits per heavy atom. The number of nitrogens with zero attached hydrogens (tertiary/aromatic N) is 2. The predicted molar refractivity (Wildman–Crippen MR) is 85.6 cm³/mol. The van der Waals surface area contributed by atoms with Gasteiger partial charge in [0, 0.05) is 0 Å². The van der Waals surface area contributed by atoms with Crippen molar-refractivity contribution in [3.63, 3.8) is 0 Å². The first kappa shape index (κ1) is 17.6. The summed E-state index contributed by atoms with van der Waals surface area (Å²) in [5, 5.41) is 9.42. The molecule has 136 valence electrons. The van der Waals surface area contributed by atoms with E-state index in [9.17, 15) is 22.7 Å². The minimum absolute atomic E-state index is 0.00647. The summed E-state index contributed by atoms with van der Waals surface area (Å²) in [6.45, 7) is -0.311. The van der Waals surface area contributed by atoms with E-state index in [0.29, 0.717) is 0 Å². The normalized spacial score (nSPS) is 11.4. The summed E-state index contributed by atoms with van der Waals surface area (Å²) < 4.78 is 44.7. The lowest BCUT2D eigenvalue weighted by Gasteiger charge is -2.07. The Labute approximate surface area is 145 Å². The van der Waals surface area contributed by atoms with Gasteiger partial charge in [-0.25, -0.2) is 32.3 Å². The first-order valence-electron chi connectivity index (χ1n) is 7.09. The summed E-state index contributed by atoms with van der Waals surface area (Å²) in [5.74, 6) is -0.802. The van der Waals surface area contributed by atoms with E-state index in [1.54, 1.807) is 0 Å². The summed E-state index contributed by atoms with van der Waals surface area (Å²) in [6.07, 6.45) is 1.87. The largest absolute Gasteiger partial charge is 0.493 e. The summed E-state index contributed by atoms with van der Waals surface area (Å²) in [7, 11) is -3.89. The molecule has 4 N–H and O–H groups in total. The number of H-pyrrole nitrogens is 2. The predicted octanol–water partition coefficient (Wildman–Crippen LogP) is 0.608. The number of aromatic nitrogens is 4. The molecule has 0 spiro atoms. The highest BCUT2D eigenvalue weighted by atomic mass is 32.2. The first-order valence-corrected chi connectivity index (χ1v) is 8.57. The molecule has 2 heterocycles. The quantitative estimate of drug-likeness (QED) is 0.488. The molecule has 0 saturated heterocycles. The number of benzene rings is 1. The van der Waals surface area contributed by atoms with Gasteiger partial charge in [-0.1, -0.05) is 0 Å². The number of nitrogens with one attached hydrogen (secondary N) is 3. The number of hydrogen-bond acceptors (Lipinski definition) is 7. The van der Waals surface area contributed by atoms with E-state index in [1.807, 2.05) is 0 Å². The highest BCUT2D eigenvalue weighted by Crippen LogP contribution is 2.20. The van der Waals surface area contributed by atoms with E-state index in [4.69, 9.17) is 4.74 Å². The average molecular weight is 381 g/mol. The van der Waals surface area contributed by atoms with Crippen molar-refractivity contribution in [3.05, 3.63) is 58.7 Å². The number of aromatic amines is 2. The summed E-state index contributed by atoms with van der Waals surface area (Å²) in [4.78, 5) is 22.5. The van der Waals surface area contributed by atoms with Crippen LogP contribution >= 0.6 is 0 Å². The minimum Gasteiger partial charge on any atom is -0.493 e. The van der Waals surface area contributed by atoms with Crippen LogP contribution in [-0.2, 0) is 16.6 Å². The van der Waals surface area contributed by atoms with Gasteiger partial charge in [0.25, 0.3) is 0 Å². The van der Waals surface area contributed by atoms with Gasteiger partial charge in [-0.15, -0.1) is 0 Å². The Morgan fingerprint density at radius 3 is 2.38 bits per heavy atom. The standard InChI is InChI=1S/C14H12FN5O5S/c15-8-5-16-14(17-6-8)25-9-1-3-10(4-2-9)26(23,24)18-7-11-12(21)20-13(22)19-11/h1-6,18,21H,7H2,(H2,19,20,22). The van der Waals surface area contributed by atoms with Crippen molar-refractivity contribution in [3.8, 4) is 17.6 Å². The molecular weight excluding hydrogens is 369 g/mol. The van der Waals surface area contributed by atoms with Crippen molar-refractivity contribution in [2.24, 2.45) is 0 Å². The molecule has 0 amide bonds. The van der Waals surface area contributed by atoms with Crippen molar-refractivity contribution in [2.45, 2.75) is 11.4 Å². The SMILES string of the molecule is O=c1[nH]c(O)c(CNS(=O)(=O)c2ccc(Oc3ncc(F)cn3)cc2)[nH]1. The van der Waals surface area contributed by atoms with Crippen LogP contribution in [0.2, 0.25) is 0 Å². The van der Waals surface area contributed by atoms with Crippen LogP contribution in [0.15, 0.2) is 46.3 Å². The van der Waals surface area contributed by atoms with Crippen molar-refractivity contribution < 1.29 is 22.7 Å². The van der Waals surface area contributed by atoms with Crippen LogP contribution in [0.5, 0.6) is 17.6 Å². The lowest BCUT2D eigenvalue weighted by molar-refractivity contribution is 0.436. The summed E-state index contributed by atoms with van der Waals surface area (Å²) in [6, 6.07) is 5.21. The van der Waals surface area contributed by atoms with E-state index < -0.39 is 27.4 Å². The van der Waals surface area contributed by atoms with Crippen LogP contribution in [0.4, 0.5) is 4.39 Å². The van der Waals surface area contributed by atoms with Crippen LogP contribution in [0.25, 0.3) is 0 Å². The smallest absolute Gasteiger partial charge is 0.326 e. The van der Waals surface area contributed by atoms with Crippen LogP contribution in [0.1, 0.15) is 5.69 Å². The topological polar surface area (TPSA) is 150 Å². The molecular formula is C14H12FN5O5S. The van der Waals surface area contributed by atoms with Crippen LogP contribution in [-0.4, -0.2) is 33.5 Å². The Kier molecular flexibility index (Phi) is 4.69. The third-order valence-corrected chi connectivity index (χ3v) is 4.58. The van der Waals surface area contributed by atoms with E-state index in [0.717, 1.165) is 12.4 Å². The van der Waals surface area contributed by atoms with Gasteiger partial charge in [0.15, 0.2) is 5.82 Å². The molecule has 0 saturated carbocycles. The highest BCUT2D eigenvalue weighted by molar-refractivity contribution is 7.89. The molecule has 0 fully saturated rings. The van der Waals surface area contributed by atoms with E-state index in [-0.39, 0.29) is 28.9 Å². The molecule has 3 rings (SSSR count). The van der Waals surface area contributed by atoms with Crippen molar-refractivity contribution in [1.82, 2.24) is 24.7 Å². The number of aromatic hydroxyl groups is 1. The number of imidazole rings is 1. The maximum Gasteiger partial charge on any atom is 0.326 e. The third kappa shape index (κ3) is 4.04. The molecule has 12 heteroatoms. The lowest BCUT2D eigenvalue weighted by Crippen LogP contribution is -2.23. The van der Waals surface area contributed by atoms with E-state index in [1.165, 1.54) is 24.3 Å². The van der Waals surface area contributed by atoms with Crippen molar-refractivity contribution in [1.29, 1.82) is 0 Å². The molecule has 0 radical (unpaired) electrons. The number of rotatable bonds is 6. The maximum atomic E-state index is 12.7. The molecule has 0 aliphatic carbocycles. The second-order valence-electron chi connectivity index (χ2n) is 4.99. The van der Waals surface area contributed by atoms with Crippen LogP contribution in [0.3, 0.4) is 0 Å². The van der Waals surface area contributed by atoms with Crippen LogP contribution in [0, 0.1) is 5.82 Å². The molecule has 0 unspecified atom stereocenters. The summed E-state index contributed by atoms with van der Waals surface area (Å²) >= 11 is 0. The van der Waals surface area contributed by atoms with Gasteiger partial charge in [-0.05, 0) is 24.3 Å². The first-order chi connectivity index (χ1) is 12.3. The average Bonchev–Trinajstić information content (AvgIpc) is 2.93. The second kappa shape index (κ2) is 6.93. The Bertz CT molecular complexity index is 1060. The fraction of sp³-hybridized carbons (Fsp3) is 0.0714. The molecule has 3 aromatic rings. The highest BCUT2D eigenvalue weighted by Gasteiger charge is 2.16. The molecule has 0 aliphatic heterocycles. The zero-order valence-corrected chi connectivity index (χ0v) is 13.7. The minimum atomic E-state index is -3.89. The zero-order valence-electron chi connectivity index (χ0n) is 12.9. The molecule has 1 aromatic carbocycles. The van der Waals surface area contributed by atoms with Crippen molar-refractivity contribution in [2.75, 3.05) is 0 Å². The number of ether oxygens (including phenoxy) is 1. The van der Waals surface area contributed by atoms with Gasteiger partial charge in [-0.3, -0.25) is 4.98 Å². The van der Waals surface area contributed by atoms with E-state index >= 15 is 0 Å². The van der Waals surface area contributed by atoms with Gasteiger partial charge in [-0.2, -0.15) is 0 Å². The maximum absolute atomic E-state index is 12.7. The molecule has 0 bridgehead atoms. The number of hydrogen-bond donors (Lipinski definition) is 4. The Morgan fingerprint density at radius 2 is 1.81 bits per heavy atom. The van der Waals surface area contributed by atoms with Gasteiger partial charge in [0.2, 0.25) is 15.9 Å². The fourth-order valence-corrected chi connectivity index (χ4v) is 2.93. The monoisotopic (exact) mass is 381 g/mol. The van der Waals surface area contributed by atoms with Crippen molar-refractivity contribution >= 4 is 10.0 Å². The number of sulfonamides is 1. The Hall–Kier alpha value is -3.25. The molecule has 10 nitrogen and oxygen atoms in total. The number of halogens is 1. The third-order valence-electron chi connectivity index (χ3n) is 3.16. The van der Waals surface area contributed by atoms with Gasteiger partial charge in [0.05, 0.1) is 29.5 Å². The van der Waals surface area contributed by atoms with Gasteiger partial charge >= 0.3 is 11.7 Å². The van der Waals surface area contributed by atoms with E-state index in [2.05, 4.69) is 24.7 Å². The molecule has 0 atom stereocenters. The molecule has 0 aliphatic rings. The summed E-state index contributed by atoms with van der Waals surface area (Å²) in [5.41, 5.74) is -0.645. The van der Waals surface area contributed by atoms with Gasteiger partial charge < -0.3 is 14.8 Å². The molecule has 26 heavy (non-hydrogen) atoms. The van der Waals surface area contributed by atoms with Gasteiger partial charge in [0.1, 0.15) is 5.75 Å². The molecule has 2 aromatic heterocycles. The second-order valence-corrected chi connectivity index (χ2v) is 6.76. The fourth-order valence-electron chi connectivity index (χ4n) is 1.93.